The van der Waals surface area contributed by atoms with Crippen LogP contribution in [-0.4, -0.2) is 0 Å². The first-order valence-corrected chi connectivity index (χ1v) is 18.4. The van der Waals surface area contributed by atoms with E-state index in [4.69, 9.17) is 9.90 Å². The smallest absolute Gasteiger partial charge is 0.140 e. The first-order valence-electron chi connectivity index (χ1n) is 21.9. The van der Waals surface area contributed by atoms with Gasteiger partial charge in [0.25, 0.3) is 0 Å². The lowest BCUT2D eigenvalue weighted by atomic mass is 9.67. The molecular weight excluding hydrogens is 667 g/mol. The molecule has 0 radical (unpaired) electrons. The fraction of sp³-hybridized carbons (Fsp3) is 0.0189. The monoisotopic (exact) mass is 708 g/mol. The molecule has 0 spiro atoms. The van der Waals surface area contributed by atoms with E-state index >= 15 is 0 Å². The van der Waals surface area contributed by atoms with Crippen molar-refractivity contribution in [3.8, 4) is 22.3 Å². The molecule has 0 aliphatic heterocycles. The maximum absolute atomic E-state index is 10.0. The van der Waals surface area contributed by atoms with Gasteiger partial charge in [-0.1, -0.05) is 164 Å². The highest BCUT2D eigenvalue weighted by Gasteiger charge is 2.48. The standard InChI is InChI=1S/C53H35NO/c1-3-14-36(15-4-1)38-27-30-42(31-28-38)54(41-18-5-2-6-19-41)43-32-33-49-47(35-43)44-20-9-11-23-48(44)53(49,40-29-26-37-16-7-8-17-39(37)34-40)50-24-13-22-46-45-21-10-12-25-51(45)55-52(46)50/h1-35H/i7D,8D,16D,17D,26D,29D,34D. The Bertz CT molecular complexity index is 3440. The fourth-order valence-corrected chi connectivity index (χ4v) is 8.57. The van der Waals surface area contributed by atoms with Gasteiger partial charge in [0.2, 0.25) is 0 Å². The van der Waals surface area contributed by atoms with Crippen LogP contribution in [0.25, 0.3) is 55.0 Å². The van der Waals surface area contributed by atoms with Gasteiger partial charge in [0.05, 0.1) is 15.0 Å². The second-order valence-corrected chi connectivity index (χ2v) is 13.9. The summed E-state index contributed by atoms with van der Waals surface area (Å²) < 4.78 is 71.1. The van der Waals surface area contributed by atoms with Crippen LogP contribution in [0.3, 0.4) is 0 Å². The second kappa shape index (κ2) is 12.5. The van der Waals surface area contributed by atoms with Crippen LogP contribution in [-0.2, 0) is 5.41 Å². The van der Waals surface area contributed by atoms with E-state index in [0.717, 1.165) is 61.2 Å². The van der Waals surface area contributed by atoms with Crippen molar-refractivity contribution in [2.45, 2.75) is 5.41 Å². The van der Waals surface area contributed by atoms with Gasteiger partial charge in [-0.25, -0.2) is 0 Å². The van der Waals surface area contributed by atoms with Crippen LogP contribution in [0.1, 0.15) is 31.8 Å². The minimum absolute atomic E-state index is 0.0973. The number of rotatable bonds is 6. The van der Waals surface area contributed by atoms with Crippen molar-refractivity contribution in [1.82, 2.24) is 0 Å². The van der Waals surface area contributed by atoms with E-state index in [2.05, 4.69) is 65.6 Å². The Kier molecular flexibility index (Phi) is 5.66. The van der Waals surface area contributed by atoms with E-state index in [0.29, 0.717) is 16.7 Å². The SMILES string of the molecule is [2H]c1c([2H])c([2H])c2c([2H])c(C3(c4cccc5c4oc4ccccc45)c4ccccc4-c4cc(N(c5ccccc5)c5ccc(-c6ccccc6)cc5)ccc43)c([2H])c([2H])c2c1[2H]. The molecule has 0 amide bonds. The van der Waals surface area contributed by atoms with Gasteiger partial charge in [0.1, 0.15) is 11.2 Å². The minimum atomic E-state index is -1.44. The third-order valence-electron chi connectivity index (χ3n) is 11.0. The summed E-state index contributed by atoms with van der Waals surface area (Å²) in [5.74, 6) is 0. The molecule has 0 saturated carbocycles. The molecule has 11 rings (SSSR count). The van der Waals surface area contributed by atoms with Crippen LogP contribution in [0, 0.1) is 0 Å². The van der Waals surface area contributed by atoms with E-state index < -0.39 is 29.6 Å². The molecule has 10 aromatic rings. The largest absolute Gasteiger partial charge is 0.456 e. The molecule has 1 aromatic heterocycles. The average Bonchev–Trinajstić information content (AvgIpc) is 3.84. The highest BCUT2D eigenvalue weighted by molar-refractivity contribution is 6.07. The summed E-state index contributed by atoms with van der Waals surface area (Å²) in [6.45, 7) is 0. The van der Waals surface area contributed by atoms with E-state index in [9.17, 15) is 4.11 Å². The Hall–Kier alpha value is -7.16. The van der Waals surface area contributed by atoms with Gasteiger partial charge in [0.15, 0.2) is 0 Å². The van der Waals surface area contributed by atoms with Gasteiger partial charge in [-0.15, -0.1) is 0 Å². The van der Waals surface area contributed by atoms with Crippen molar-refractivity contribution in [3.63, 3.8) is 0 Å². The number of hydrogen-bond acceptors (Lipinski definition) is 2. The molecule has 0 bridgehead atoms. The van der Waals surface area contributed by atoms with Crippen LogP contribution in [0.2, 0.25) is 0 Å². The van der Waals surface area contributed by atoms with E-state index in [-0.39, 0.29) is 34.5 Å². The molecule has 0 N–H and O–H groups in total. The second-order valence-electron chi connectivity index (χ2n) is 13.9. The minimum Gasteiger partial charge on any atom is -0.456 e. The number of anilines is 3. The maximum Gasteiger partial charge on any atom is 0.140 e. The van der Waals surface area contributed by atoms with Gasteiger partial charge >= 0.3 is 0 Å². The number of para-hydroxylation sites is 3. The quantitative estimate of drug-likeness (QED) is 0.171. The van der Waals surface area contributed by atoms with Gasteiger partial charge < -0.3 is 9.32 Å². The van der Waals surface area contributed by atoms with Gasteiger partial charge in [-0.3, -0.25) is 0 Å². The Morgan fingerprint density at radius 1 is 0.455 bits per heavy atom. The molecule has 258 valence electrons. The van der Waals surface area contributed by atoms with Crippen molar-refractivity contribution >= 4 is 49.8 Å². The summed E-state index contributed by atoms with van der Waals surface area (Å²) in [4.78, 5) is 2.21. The van der Waals surface area contributed by atoms with Crippen molar-refractivity contribution in [3.05, 3.63) is 234 Å². The molecule has 55 heavy (non-hydrogen) atoms. The Morgan fingerprint density at radius 3 is 1.95 bits per heavy atom. The predicted octanol–water partition coefficient (Wildman–Crippen LogP) is 14.2. The van der Waals surface area contributed by atoms with E-state index in [1.54, 1.807) is 0 Å². The van der Waals surface area contributed by atoms with Crippen LogP contribution < -0.4 is 4.90 Å². The lowest BCUT2D eigenvalue weighted by molar-refractivity contribution is 0.648. The molecule has 2 heteroatoms. The highest BCUT2D eigenvalue weighted by atomic mass is 16.3. The molecule has 9 aromatic carbocycles. The number of fused-ring (bicyclic) bond motifs is 7. The predicted molar refractivity (Wildman–Crippen MR) is 229 cm³/mol. The van der Waals surface area contributed by atoms with Crippen LogP contribution in [0.5, 0.6) is 0 Å². The molecule has 1 unspecified atom stereocenters. The van der Waals surface area contributed by atoms with Crippen LogP contribution in [0.4, 0.5) is 17.1 Å². The van der Waals surface area contributed by atoms with E-state index in [1.165, 1.54) is 0 Å². The van der Waals surface area contributed by atoms with Gasteiger partial charge in [-0.2, -0.15) is 0 Å². The first kappa shape index (κ1) is 25.0. The average molecular weight is 709 g/mol. The maximum atomic E-state index is 10.0. The third-order valence-corrected chi connectivity index (χ3v) is 11.0. The molecule has 0 fully saturated rings. The zero-order valence-electron chi connectivity index (χ0n) is 36.5. The third kappa shape index (κ3) is 4.82. The number of hydrogen-bond donors (Lipinski definition) is 0. The first-order chi connectivity index (χ1) is 30.2. The van der Waals surface area contributed by atoms with Crippen molar-refractivity contribution in [2.75, 3.05) is 4.90 Å². The van der Waals surface area contributed by atoms with Crippen molar-refractivity contribution < 1.29 is 14.0 Å². The van der Waals surface area contributed by atoms with Crippen LogP contribution in [0.15, 0.2) is 217 Å². The number of nitrogens with zero attached hydrogens (tertiary/aromatic N) is 1. The summed E-state index contributed by atoms with van der Waals surface area (Å²) >= 11 is 0. The molecular formula is C53H35NO. The summed E-state index contributed by atoms with van der Waals surface area (Å²) in [6.07, 6.45) is 0. The van der Waals surface area contributed by atoms with Gasteiger partial charge in [0, 0.05) is 33.4 Å². The number of furan rings is 1. The normalized spacial score (nSPS) is 16.4. The molecule has 1 atom stereocenters. The molecule has 2 nitrogen and oxygen atoms in total. The van der Waals surface area contributed by atoms with Crippen molar-refractivity contribution in [1.29, 1.82) is 0 Å². The zero-order valence-corrected chi connectivity index (χ0v) is 29.5. The Balaban J connectivity index is 1.24. The lowest BCUT2D eigenvalue weighted by Crippen LogP contribution is -2.29. The fourth-order valence-electron chi connectivity index (χ4n) is 8.57. The highest BCUT2D eigenvalue weighted by Crippen LogP contribution is 2.59. The zero-order chi connectivity index (χ0) is 42.4. The molecule has 0 saturated heterocycles. The summed E-state index contributed by atoms with van der Waals surface area (Å²) in [5.41, 5.74) is 8.83. The summed E-state index contributed by atoms with van der Waals surface area (Å²) in [6, 6.07) is 54.1. The number of benzene rings is 9. The molecule has 1 heterocycles. The Morgan fingerprint density at radius 2 is 1.09 bits per heavy atom. The molecule has 1 aliphatic rings. The van der Waals surface area contributed by atoms with Crippen molar-refractivity contribution in [2.24, 2.45) is 0 Å². The summed E-state index contributed by atoms with van der Waals surface area (Å²) in [7, 11) is 0. The topological polar surface area (TPSA) is 16.4 Å². The summed E-state index contributed by atoms with van der Waals surface area (Å²) in [5, 5.41) is 1.51. The van der Waals surface area contributed by atoms with Crippen LogP contribution >= 0.6 is 0 Å². The van der Waals surface area contributed by atoms with Gasteiger partial charge in [-0.05, 0) is 98.2 Å². The lowest BCUT2D eigenvalue weighted by Gasteiger charge is -2.34. The van der Waals surface area contributed by atoms with E-state index in [1.807, 2.05) is 109 Å². The molecule has 1 aliphatic carbocycles. The Labute approximate surface area is 330 Å².